The van der Waals surface area contributed by atoms with Crippen LogP contribution >= 0.6 is 11.6 Å². The summed E-state index contributed by atoms with van der Waals surface area (Å²) in [5.74, 6) is 0.637. The third kappa shape index (κ3) is 7.55. The molecule has 0 bridgehead atoms. The fraction of sp³-hybridized carbons (Fsp3) is 0.625. The first-order valence-electron chi connectivity index (χ1n) is 7.50. The number of rotatable bonds is 11. The number of unbranched alkanes of at least 4 members (excludes halogenated alkanes) is 3. The summed E-state index contributed by atoms with van der Waals surface area (Å²) in [5, 5.41) is 13.5. The third-order valence-electron chi connectivity index (χ3n) is 3.15. The van der Waals surface area contributed by atoms with Crippen LogP contribution in [0.4, 0.5) is 5.69 Å². The van der Waals surface area contributed by atoms with Crippen molar-refractivity contribution in [3.63, 3.8) is 0 Å². The lowest BCUT2D eigenvalue weighted by molar-refractivity contribution is 0.0417. The van der Waals surface area contributed by atoms with Crippen molar-refractivity contribution in [2.45, 2.75) is 38.7 Å². The molecule has 0 saturated carbocycles. The number of hydrogen-bond donors (Lipinski definition) is 2. The number of aliphatic hydroxyl groups excluding tert-OH is 1. The molecule has 1 aromatic carbocycles. The fourth-order valence-electron chi connectivity index (χ4n) is 1.92. The summed E-state index contributed by atoms with van der Waals surface area (Å²) in [7, 11) is 1.58. The molecular weight excluding hydrogens is 290 g/mol. The van der Waals surface area contributed by atoms with E-state index in [1.807, 2.05) is 6.07 Å². The molecule has 120 valence electrons. The maximum atomic E-state index is 9.84. The Bertz CT molecular complexity index is 401. The smallest absolute Gasteiger partial charge is 0.137 e. The van der Waals surface area contributed by atoms with E-state index >= 15 is 0 Å². The van der Waals surface area contributed by atoms with Crippen molar-refractivity contribution in [1.29, 1.82) is 0 Å². The van der Waals surface area contributed by atoms with Crippen LogP contribution in [0.5, 0.6) is 5.75 Å². The third-order valence-corrected chi connectivity index (χ3v) is 3.44. The van der Waals surface area contributed by atoms with Gasteiger partial charge in [-0.2, -0.15) is 0 Å². The van der Waals surface area contributed by atoms with E-state index in [4.69, 9.17) is 21.1 Å². The van der Waals surface area contributed by atoms with Gasteiger partial charge in [-0.15, -0.1) is 0 Å². The Kier molecular flexibility index (Phi) is 9.22. The van der Waals surface area contributed by atoms with Gasteiger partial charge in [0.05, 0.1) is 24.8 Å². The molecule has 0 aliphatic carbocycles. The Hall–Kier alpha value is -0.970. The van der Waals surface area contributed by atoms with Crippen LogP contribution in [0.2, 0.25) is 5.02 Å². The molecule has 0 aromatic heterocycles. The lowest BCUT2D eigenvalue weighted by Crippen LogP contribution is -2.25. The second-order valence-electron chi connectivity index (χ2n) is 5.02. The van der Waals surface area contributed by atoms with Crippen LogP contribution in [0.15, 0.2) is 18.2 Å². The van der Waals surface area contributed by atoms with Gasteiger partial charge in [-0.1, -0.05) is 37.8 Å². The zero-order valence-electron chi connectivity index (χ0n) is 12.9. The minimum absolute atomic E-state index is 0.350. The van der Waals surface area contributed by atoms with Crippen LogP contribution in [0.3, 0.4) is 0 Å². The molecule has 1 aromatic rings. The lowest BCUT2D eigenvalue weighted by Gasteiger charge is -2.14. The van der Waals surface area contributed by atoms with Crippen LogP contribution in [0, 0.1) is 0 Å². The molecule has 1 unspecified atom stereocenters. The van der Waals surface area contributed by atoms with Gasteiger partial charge in [0.25, 0.3) is 0 Å². The Balaban J connectivity index is 2.17. The molecule has 0 saturated heterocycles. The number of anilines is 1. The highest BCUT2D eigenvalue weighted by Crippen LogP contribution is 2.27. The number of benzene rings is 1. The van der Waals surface area contributed by atoms with E-state index in [0.717, 1.165) is 12.1 Å². The maximum absolute atomic E-state index is 9.84. The summed E-state index contributed by atoms with van der Waals surface area (Å²) in [5.41, 5.74) is 0.850. The molecule has 0 radical (unpaired) electrons. The largest absolute Gasteiger partial charge is 0.495 e. The highest BCUT2D eigenvalue weighted by molar-refractivity contribution is 6.32. The second-order valence-corrected chi connectivity index (χ2v) is 5.43. The Morgan fingerprint density at radius 1 is 1.29 bits per heavy atom. The minimum atomic E-state index is -0.531. The van der Waals surface area contributed by atoms with Gasteiger partial charge in [0.1, 0.15) is 5.75 Å². The summed E-state index contributed by atoms with van der Waals surface area (Å²) >= 11 is 6.04. The Morgan fingerprint density at radius 3 is 2.76 bits per heavy atom. The number of aliphatic hydroxyl groups is 1. The van der Waals surface area contributed by atoms with Gasteiger partial charge in [0.15, 0.2) is 0 Å². The molecule has 1 rings (SSSR count). The van der Waals surface area contributed by atoms with E-state index in [-0.39, 0.29) is 0 Å². The summed E-state index contributed by atoms with van der Waals surface area (Å²) in [4.78, 5) is 0. The summed E-state index contributed by atoms with van der Waals surface area (Å²) in [6, 6.07) is 5.43. The Morgan fingerprint density at radius 2 is 2.10 bits per heavy atom. The summed E-state index contributed by atoms with van der Waals surface area (Å²) < 4.78 is 10.5. The molecule has 0 spiro atoms. The van der Waals surface area contributed by atoms with Crippen molar-refractivity contribution in [2.24, 2.45) is 0 Å². The van der Waals surface area contributed by atoms with Gasteiger partial charge in [-0.3, -0.25) is 0 Å². The van der Waals surface area contributed by atoms with E-state index in [1.165, 1.54) is 19.3 Å². The number of halogens is 1. The van der Waals surface area contributed by atoms with Gasteiger partial charge in [-0.25, -0.2) is 0 Å². The molecule has 0 fully saturated rings. The molecule has 5 heteroatoms. The zero-order valence-corrected chi connectivity index (χ0v) is 13.7. The first-order valence-corrected chi connectivity index (χ1v) is 7.88. The van der Waals surface area contributed by atoms with E-state index in [0.29, 0.717) is 30.5 Å². The fourth-order valence-corrected chi connectivity index (χ4v) is 2.18. The molecule has 1 atom stereocenters. The van der Waals surface area contributed by atoms with Crippen molar-refractivity contribution in [3.8, 4) is 5.75 Å². The topological polar surface area (TPSA) is 50.7 Å². The number of ether oxygens (including phenoxy) is 2. The molecule has 0 aliphatic rings. The molecular formula is C16H26ClNO3. The average Bonchev–Trinajstić information content (AvgIpc) is 2.49. The highest BCUT2D eigenvalue weighted by Gasteiger charge is 2.06. The summed E-state index contributed by atoms with van der Waals surface area (Å²) in [6.07, 6.45) is 4.18. The average molecular weight is 316 g/mol. The first-order chi connectivity index (χ1) is 10.2. The highest BCUT2D eigenvalue weighted by atomic mass is 35.5. The van der Waals surface area contributed by atoms with E-state index < -0.39 is 6.10 Å². The summed E-state index contributed by atoms with van der Waals surface area (Å²) in [6.45, 7) is 3.67. The van der Waals surface area contributed by atoms with Crippen molar-refractivity contribution in [3.05, 3.63) is 23.2 Å². The predicted molar refractivity (Wildman–Crippen MR) is 87.5 cm³/mol. The van der Waals surface area contributed by atoms with Crippen molar-refractivity contribution in [2.75, 3.05) is 32.2 Å². The maximum Gasteiger partial charge on any atom is 0.137 e. The van der Waals surface area contributed by atoms with E-state index in [2.05, 4.69) is 12.2 Å². The second kappa shape index (κ2) is 10.7. The first kappa shape index (κ1) is 18.1. The van der Waals surface area contributed by atoms with Crippen LogP contribution in [-0.4, -0.2) is 38.1 Å². The monoisotopic (exact) mass is 315 g/mol. The lowest BCUT2D eigenvalue weighted by atomic mass is 10.2. The molecule has 0 heterocycles. The molecule has 0 amide bonds. The quantitative estimate of drug-likeness (QED) is 0.611. The van der Waals surface area contributed by atoms with Crippen molar-refractivity contribution < 1.29 is 14.6 Å². The molecule has 21 heavy (non-hydrogen) atoms. The number of methoxy groups -OCH3 is 1. The normalized spacial score (nSPS) is 12.2. The van der Waals surface area contributed by atoms with E-state index in [1.54, 1.807) is 19.2 Å². The van der Waals surface area contributed by atoms with Crippen LogP contribution in [0.1, 0.15) is 32.6 Å². The standard InChI is InChI=1S/C16H26ClNO3/c1-3-4-5-6-9-21-12-14(19)11-18-13-7-8-16(20-2)15(17)10-13/h7-8,10,14,18-19H,3-6,9,11-12H2,1-2H3. The van der Waals surface area contributed by atoms with Gasteiger partial charge in [0, 0.05) is 18.8 Å². The SMILES string of the molecule is CCCCCCOCC(O)CNc1ccc(OC)c(Cl)c1. The van der Waals surface area contributed by atoms with Gasteiger partial charge >= 0.3 is 0 Å². The molecule has 0 aliphatic heterocycles. The molecule has 2 N–H and O–H groups in total. The molecule has 4 nitrogen and oxygen atoms in total. The number of nitrogens with one attached hydrogen (secondary N) is 1. The van der Waals surface area contributed by atoms with Crippen LogP contribution in [-0.2, 0) is 4.74 Å². The van der Waals surface area contributed by atoms with Gasteiger partial charge < -0.3 is 19.9 Å². The van der Waals surface area contributed by atoms with Gasteiger partial charge in [-0.05, 0) is 24.6 Å². The minimum Gasteiger partial charge on any atom is -0.495 e. The van der Waals surface area contributed by atoms with Crippen molar-refractivity contribution in [1.82, 2.24) is 0 Å². The van der Waals surface area contributed by atoms with E-state index in [9.17, 15) is 5.11 Å². The van der Waals surface area contributed by atoms with Crippen LogP contribution in [0.25, 0.3) is 0 Å². The number of hydrogen-bond acceptors (Lipinski definition) is 4. The van der Waals surface area contributed by atoms with Gasteiger partial charge in [0.2, 0.25) is 0 Å². The zero-order chi connectivity index (χ0) is 15.5. The van der Waals surface area contributed by atoms with Crippen LogP contribution < -0.4 is 10.1 Å². The Labute approximate surface area is 132 Å². The van der Waals surface area contributed by atoms with Crippen molar-refractivity contribution >= 4 is 17.3 Å². The predicted octanol–water partition coefficient (Wildman–Crippen LogP) is 3.72.